The molecular formula is C16H20N2OS. The van der Waals surface area contributed by atoms with Crippen LogP contribution in [0.5, 0.6) is 0 Å². The summed E-state index contributed by atoms with van der Waals surface area (Å²) in [5.41, 5.74) is 8.22. The first-order valence-electron chi connectivity index (χ1n) is 7.06. The van der Waals surface area contributed by atoms with Crippen LogP contribution < -0.4 is 11.1 Å². The number of hydrogen-bond donors (Lipinski definition) is 2. The zero-order valence-electron chi connectivity index (χ0n) is 12.0. The molecule has 0 unspecified atom stereocenters. The minimum atomic E-state index is -0.0313. The molecule has 1 fully saturated rings. The van der Waals surface area contributed by atoms with Gasteiger partial charge in [-0.25, -0.2) is 0 Å². The van der Waals surface area contributed by atoms with Gasteiger partial charge in [-0.05, 0) is 30.7 Å². The van der Waals surface area contributed by atoms with E-state index in [0.29, 0.717) is 10.6 Å². The predicted octanol–water partition coefficient (Wildman–Crippen LogP) is 3.71. The van der Waals surface area contributed by atoms with Gasteiger partial charge in [0.1, 0.15) is 4.88 Å². The van der Waals surface area contributed by atoms with E-state index in [4.69, 9.17) is 5.73 Å². The van der Waals surface area contributed by atoms with Crippen LogP contribution in [0.2, 0.25) is 0 Å². The lowest BCUT2D eigenvalue weighted by molar-refractivity contribution is 0.0895. The quantitative estimate of drug-likeness (QED) is 0.904. The lowest BCUT2D eigenvalue weighted by Gasteiger charge is -2.38. The fourth-order valence-corrected chi connectivity index (χ4v) is 3.88. The molecule has 3 nitrogen and oxygen atoms in total. The fraction of sp³-hybridized carbons (Fsp3) is 0.438. The van der Waals surface area contributed by atoms with Gasteiger partial charge >= 0.3 is 0 Å². The summed E-state index contributed by atoms with van der Waals surface area (Å²) in [5, 5.41) is 4.05. The van der Waals surface area contributed by atoms with Gasteiger partial charge in [-0.3, -0.25) is 4.79 Å². The van der Waals surface area contributed by atoms with Crippen LogP contribution in [-0.4, -0.2) is 12.5 Å². The molecule has 0 atom stereocenters. The summed E-state index contributed by atoms with van der Waals surface area (Å²) in [6.07, 6.45) is 3.68. The highest BCUT2D eigenvalue weighted by atomic mass is 32.1. The third-order valence-corrected chi connectivity index (χ3v) is 5.75. The highest BCUT2D eigenvalue weighted by Crippen LogP contribution is 2.40. The molecule has 1 aromatic carbocycles. The maximum absolute atomic E-state index is 12.4. The molecule has 4 heteroatoms. The third-order valence-electron chi connectivity index (χ3n) is 4.39. The minimum Gasteiger partial charge on any atom is -0.397 e. The van der Waals surface area contributed by atoms with Crippen LogP contribution in [0.25, 0.3) is 10.1 Å². The SMILES string of the molecule is Cc1cccc2c(N)c(C(=O)NCC3(C)CCC3)sc12. The molecule has 0 saturated heterocycles. The van der Waals surface area contributed by atoms with Crippen LogP contribution >= 0.6 is 11.3 Å². The Morgan fingerprint density at radius 2 is 2.20 bits per heavy atom. The Morgan fingerprint density at radius 3 is 2.80 bits per heavy atom. The minimum absolute atomic E-state index is 0.0313. The average Bonchev–Trinajstić information content (AvgIpc) is 2.73. The second kappa shape index (κ2) is 4.77. The van der Waals surface area contributed by atoms with Gasteiger partial charge in [-0.15, -0.1) is 11.3 Å². The first-order valence-corrected chi connectivity index (χ1v) is 7.88. The molecule has 1 aliphatic rings. The number of carbonyl (C=O) groups excluding carboxylic acids is 1. The Kier molecular flexibility index (Phi) is 3.21. The molecule has 0 aliphatic heterocycles. The van der Waals surface area contributed by atoms with Gasteiger partial charge < -0.3 is 11.1 Å². The van der Waals surface area contributed by atoms with Gasteiger partial charge in [-0.2, -0.15) is 0 Å². The topological polar surface area (TPSA) is 55.1 Å². The molecule has 0 spiro atoms. The number of nitrogen functional groups attached to an aromatic ring is 1. The molecule has 1 amide bonds. The number of nitrogens with one attached hydrogen (secondary N) is 1. The van der Waals surface area contributed by atoms with Crippen molar-refractivity contribution in [3.63, 3.8) is 0 Å². The van der Waals surface area contributed by atoms with E-state index >= 15 is 0 Å². The molecule has 1 aromatic heterocycles. The highest BCUT2D eigenvalue weighted by Gasteiger charge is 2.32. The molecule has 0 bridgehead atoms. The van der Waals surface area contributed by atoms with Crippen molar-refractivity contribution in [3.05, 3.63) is 28.6 Å². The summed E-state index contributed by atoms with van der Waals surface area (Å²) >= 11 is 1.50. The van der Waals surface area contributed by atoms with Crippen molar-refractivity contribution < 1.29 is 4.79 Å². The molecule has 20 heavy (non-hydrogen) atoms. The molecule has 3 N–H and O–H groups in total. The molecule has 0 radical (unpaired) electrons. The van der Waals surface area contributed by atoms with Crippen molar-refractivity contribution >= 4 is 33.0 Å². The highest BCUT2D eigenvalue weighted by molar-refractivity contribution is 7.21. The van der Waals surface area contributed by atoms with E-state index < -0.39 is 0 Å². The van der Waals surface area contributed by atoms with Crippen LogP contribution in [0.1, 0.15) is 41.4 Å². The number of hydrogen-bond acceptors (Lipinski definition) is 3. The van der Waals surface area contributed by atoms with Crippen molar-refractivity contribution in [1.82, 2.24) is 5.32 Å². The molecule has 1 saturated carbocycles. The maximum atomic E-state index is 12.4. The number of anilines is 1. The fourth-order valence-electron chi connectivity index (χ4n) is 2.78. The van der Waals surface area contributed by atoms with Crippen molar-refractivity contribution in [1.29, 1.82) is 0 Å². The van der Waals surface area contributed by atoms with Gasteiger partial charge in [0, 0.05) is 16.6 Å². The van der Waals surface area contributed by atoms with Gasteiger partial charge in [0.15, 0.2) is 0 Å². The lowest BCUT2D eigenvalue weighted by Crippen LogP contribution is -2.39. The number of thiophene rings is 1. The Morgan fingerprint density at radius 1 is 1.45 bits per heavy atom. The van der Waals surface area contributed by atoms with Gasteiger partial charge in [0.05, 0.1) is 5.69 Å². The standard InChI is InChI=1S/C16H20N2OS/c1-10-5-3-6-11-12(17)14(20-13(10)11)15(19)18-9-16(2)7-4-8-16/h3,5-6H,4,7-9,17H2,1-2H3,(H,18,19). The average molecular weight is 288 g/mol. The van der Waals surface area contributed by atoms with Crippen molar-refractivity contribution in [3.8, 4) is 0 Å². The maximum Gasteiger partial charge on any atom is 0.263 e. The zero-order chi connectivity index (χ0) is 14.3. The summed E-state index contributed by atoms with van der Waals surface area (Å²) < 4.78 is 1.12. The van der Waals surface area contributed by atoms with Crippen molar-refractivity contribution in [2.24, 2.45) is 5.41 Å². The largest absolute Gasteiger partial charge is 0.397 e. The number of benzene rings is 1. The number of amides is 1. The first-order chi connectivity index (χ1) is 9.50. The van der Waals surface area contributed by atoms with Gasteiger partial charge in [0.25, 0.3) is 5.91 Å². The van der Waals surface area contributed by atoms with Gasteiger partial charge in [0.2, 0.25) is 0 Å². The summed E-state index contributed by atoms with van der Waals surface area (Å²) in [6, 6.07) is 6.02. The number of carbonyl (C=O) groups is 1. The molecule has 3 rings (SSSR count). The van der Waals surface area contributed by atoms with Crippen LogP contribution in [0.3, 0.4) is 0 Å². The number of rotatable bonds is 3. The number of aryl methyl sites for hydroxylation is 1. The molecule has 1 heterocycles. The molecule has 1 aliphatic carbocycles. The second-order valence-electron chi connectivity index (χ2n) is 6.14. The van der Waals surface area contributed by atoms with Gasteiger partial charge in [-0.1, -0.05) is 31.5 Å². The molecule has 106 valence electrons. The second-order valence-corrected chi connectivity index (χ2v) is 7.16. The third kappa shape index (κ3) is 2.18. The monoisotopic (exact) mass is 288 g/mol. The van der Waals surface area contributed by atoms with Crippen LogP contribution in [0, 0.1) is 12.3 Å². The van der Waals surface area contributed by atoms with Crippen LogP contribution in [0.4, 0.5) is 5.69 Å². The van der Waals surface area contributed by atoms with E-state index in [-0.39, 0.29) is 11.3 Å². The predicted molar refractivity (Wildman–Crippen MR) is 85.3 cm³/mol. The number of fused-ring (bicyclic) bond motifs is 1. The van der Waals surface area contributed by atoms with E-state index in [1.54, 1.807) is 0 Å². The Bertz CT molecular complexity index is 670. The Labute approximate surface area is 123 Å². The summed E-state index contributed by atoms with van der Waals surface area (Å²) in [6.45, 7) is 5.03. The zero-order valence-corrected chi connectivity index (χ0v) is 12.8. The van der Waals surface area contributed by atoms with E-state index in [1.807, 2.05) is 12.1 Å². The van der Waals surface area contributed by atoms with Crippen molar-refractivity contribution in [2.75, 3.05) is 12.3 Å². The summed E-state index contributed by atoms with van der Waals surface area (Å²) in [5.74, 6) is -0.0313. The smallest absolute Gasteiger partial charge is 0.263 e. The molecular weight excluding hydrogens is 268 g/mol. The van der Waals surface area contributed by atoms with Crippen LogP contribution in [-0.2, 0) is 0 Å². The Balaban J connectivity index is 1.84. The van der Waals surface area contributed by atoms with Crippen LogP contribution in [0.15, 0.2) is 18.2 Å². The normalized spacial score (nSPS) is 16.9. The van der Waals surface area contributed by atoms with E-state index in [0.717, 1.165) is 16.6 Å². The first kappa shape index (κ1) is 13.4. The lowest BCUT2D eigenvalue weighted by atomic mass is 9.70. The van der Waals surface area contributed by atoms with E-state index in [9.17, 15) is 4.79 Å². The van der Waals surface area contributed by atoms with E-state index in [1.165, 1.54) is 36.2 Å². The summed E-state index contributed by atoms with van der Waals surface area (Å²) in [7, 11) is 0. The van der Waals surface area contributed by atoms with E-state index in [2.05, 4.69) is 25.2 Å². The number of nitrogens with two attached hydrogens (primary N) is 1. The van der Waals surface area contributed by atoms with Crippen molar-refractivity contribution in [2.45, 2.75) is 33.1 Å². The molecule has 2 aromatic rings. The Hall–Kier alpha value is -1.55. The summed E-state index contributed by atoms with van der Waals surface area (Å²) in [4.78, 5) is 13.0.